The Balaban J connectivity index is 1.93. The largest absolute Gasteiger partial charge is 0.496 e. The molecule has 0 saturated heterocycles. The number of carbonyl (C=O) groups excluding carboxylic acids is 1. The Hall–Kier alpha value is -3.29. The first kappa shape index (κ1) is 15.6. The van der Waals surface area contributed by atoms with Crippen LogP contribution in [0.3, 0.4) is 0 Å². The van der Waals surface area contributed by atoms with Gasteiger partial charge < -0.3 is 4.74 Å². The average Bonchev–Trinajstić information content (AvgIpc) is 2.97. The number of nitrogens with zero attached hydrogens (tertiary/aromatic N) is 4. The van der Waals surface area contributed by atoms with E-state index in [1.165, 1.54) is 42.4 Å². The van der Waals surface area contributed by atoms with Gasteiger partial charge in [-0.3, -0.25) is 14.8 Å². The van der Waals surface area contributed by atoms with Crippen molar-refractivity contribution in [3.8, 4) is 17.0 Å². The molecule has 0 aliphatic heterocycles. The Labute approximate surface area is 137 Å². The molecule has 0 aliphatic carbocycles. The quantitative estimate of drug-likeness (QED) is 0.795. The lowest BCUT2D eigenvalue weighted by molar-refractivity contribution is 0.102. The first-order valence-electron chi connectivity index (χ1n) is 7.05. The van der Waals surface area contributed by atoms with Crippen LogP contribution in [0.1, 0.15) is 10.5 Å². The molecular formula is C16H14FN5O2. The van der Waals surface area contributed by atoms with Crippen molar-refractivity contribution in [1.29, 1.82) is 0 Å². The van der Waals surface area contributed by atoms with Crippen LogP contribution in [0.15, 0.2) is 42.7 Å². The summed E-state index contributed by atoms with van der Waals surface area (Å²) >= 11 is 0. The van der Waals surface area contributed by atoms with E-state index in [0.717, 1.165) is 0 Å². The van der Waals surface area contributed by atoms with E-state index in [1.807, 2.05) is 0 Å². The van der Waals surface area contributed by atoms with E-state index in [0.29, 0.717) is 17.0 Å². The van der Waals surface area contributed by atoms with Gasteiger partial charge in [0.2, 0.25) is 5.95 Å². The molecule has 0 spiro atoms. The van der Waals surface area contributed by atoms with Gasteiger partial charge in [0.1, 0.15) is 11.6 Å². The number of nitrogens with one attached hydrogen (secondary N) is 1. The Bertz CT molecular complexity index is 879. The van der Waals surface area contributed by atoms with Gasteiger partial charge in [0.25, 0.3) is 5.91 Å². The van der Waals surface area contributed by atoms with Crippen LogP contribution in [-0.4, -0.2) is 32.8 Å². The number of anilines is 1. The topological polar surface area (TPSA) is 81.9 Å². The van der Waals surface area contributed by atoms with Gasteiger partial charge in [-0.1, -0.05) is 0 Å². The maximum Gasteiger partial charge on any atom is 0.278 e. The SMILES string of the molecule is COc1ccc(F)cc1-c1cc(C(=O)Nc2ncccn2)nn1C. The highest BCUT2D eigenvalue weighted by molar-refractivity contribution is 6.02. The molecule has 1 amide bonds. The number of benzene rings is 1. The fourth-order valence-electron chi connectivity index (χ4n) is 2.24. The van der Waals surface area contributed by atoms with E-state index >= 15 is 0 Å². The molecule has 0 bridgehead atoms. The van der Waals surface area contributed by atoms with Gasteiger partial charge in [0, 0.05) is 25.0 Å². The molecule has 24 heavy (non-hydrogen) atoms. The van der Waals surface area contributed by atoms with Crippen LogP contribution in [0, 0.1) is 5.82 Å². The third-order valence-electron chi connectivity index (χ3n) is 3.34. The number of carbonyl (C=O) groups is 1. The van der Waals surface area contributed by atoms with Gasteiger partial charge in [-0.25, -0.2) is 14.4 Å². The van der Waals surface area contributed by atoms with E-state index in [9.17, 15) is 9.18 Å². The Kier molecular flexibility index (Phi) is 4.19. The molecule has 3 rings (SSSR count). The number of hydrogen-bond donors (Lipinski definition) is 1. The highest BCUT2D eigenvalue weighted by atomic mass is 19.1. The van der Waals surface area contributed by atoms with Crippen molar-refractivity contribution in [2.24, 2.45) is 7.05 Å². The predicted molar refractivity (Wildman–Crippen MR) is 85.1 cm³/mol. The van der Waals surface area contributed by atoms with Gasteiger partial charge in [-0.05, 0) is 30.3 Å². The second-order valence-electron chi connectivity index (χ2n) is 4.91. The molecule has 0 radical (unpaired) electrons. The molecule has 0 atom stereocenters. The third-order valence-corrected chi connectivity index (χ3v) is 3.34. The summed E-state index contributed by atoms with van der Waals surface area (Å²) in [6, 6.07) is 7.35. The van der Waals surface area contributed by atoms with Crippen molar-refractivity contribution in [2.75, 3.05) is 12.4 Å². The smallest absolute Gasteiger partial charge is 0.278 e. The number of ether oxygens (including phenoxy) is 1. The fourth-order valence-corrected chi connectivity index (χ4v) is 2.24. The number of methoxy groups -OCH3 is 1. The number of hydrogen-bond acceptors (Lipinski definition) is 5. The molecule has 2 aromatic heterocycles. The van der Waals surface area contributed by atoms with E-state index in [-0.39, 0.29) is 11.6 Å². The van der Waals surface area contributed by atoms with Crippen molar-refractivity contribution in [1.82, 2.24) is 19.7 Å². The number of aromatic nitrogens is 4. The van der Waals surface area contributed by atoms with Crippen LogP contribution >= 0.6 is 0 Å². The zero-order valence-electron chi connectivity index (χ0n) is 13.0. The standard InChI is InChI=1S/C16H14FN5O2/c1-22-13(11-8-10(17)4-5-14(11)24-2)9-12(21-22)15(23)20-16-18-6-3-7-19-16/h3-9H,1-2H3,(H,18,19,20,23). The summed E-state index contributed by atoms with van der Waals surface area (Å²) in [5.41, 5.74) is 1.21. The monoisotopic (exact) mass is 327 g/mol. The minimum Gasteiger partial charge on any atom is -0.496 e. The number of amides is 1. The summed E-state index contributed by atoms with van der Waals surface area (Å²) in [4.78, 5) is 20.1. The van der Waals surface area contributed by atoms with Gasteiger partial charge in [0.05, 0.1) is 12.8 Å². The summed E-state index contributed by atoms with van der Waals surface area (Å²) in [5, 5.41) is 6.71. The first-order valence-corrected chi connectivity index (χ1v) is 7.05. The zero-order chi connectivity index (χ0) is 17.1. The number of rotatable bonds is 4. The molecule has 8 heteroatoms. The van der Waals surface area contributed by atoms with Gasteiger partial charge in [-0.15, -0.1) is 0 Å². The Morgan fingerprint density at radius 1 is 1.25 bits per heavy atom. The summed E-state index contributed by atoms with van der Waals surface area (Å²) < 4.78 is 20.3. The molecule has 0 unspecified atom stereocenters. The third kappa shape index (κ3) is 3.07. The highest BCUT2D eigenvalue weighted by Crippen LogP contribution is 2.30. The minimum atomic E-state index is -0.460. The van der Waals surface area contributed by atoms with E-state index in [4.69, 9.17) is 4.74 Å². The van der Waals surface area contributed by atoms with Crippen molar-refractivity contribution in [3.05, 3.63) is 54.2 Å². The Morgan fingerprint density at radius 2 is 2.00 bits per heavy atom. The molecule has 1 N–H and O–H groups in total. The van der Waals surface area contributed by atoms with Crippen molar-refractivity contribution in [2.45, 2.75) is 0 Å². The molecule has 0 saturated carbocycles. The molecule has 3 aromatic rings. The maximum atomic E-state index is 13.6. The highest BCUT2D eigenvalue weighted by Gasteiger charge is 2.17. The summed E-state index contributed by atoms with van der Waals surface area (Å²) in [6.07, 6.45) is 3.04. The van der Waals surface area contributed by atoms with Crippen LogP contribution in [0.25, 0.3) is 11.3 Å². The molecule has 0 aliphatic rings. The van der Waals surface area contributed by atoms with Gasteiger partial charge in [-0.2, -0.15) is 5.10 Å². The van der Waals surface area contributed by atoms with E-state index in [2.05, 4.69) is 20.4 Å². The van der Waals surface area contributed by atoms with Crippen LogP contribution in [0.2, 0.25) is 0 Å². The normalized spacial score (nSPS) is 10.5. The minimum absolute atomic E-state index is 0.159. The second-order valence-corrected chi connectivity index (χ2v) is 4.91. The molecule has 0 fully saturated rings. The Morgan fingerprint density at radius 3 is 2.71 bits per heavy atom. The summed E-state index contributed by atoms with van der Waals surface area (Å²) in [7, 11) is 3.16. The number of aryl methyl sites for hydroxylation is 1. The summed E-state index contributed by atoms with van der Waals surface area (Å²) in [5.74, 6) is -0.204. The molecule has 7 nitrogen and oxygen atoms in total. The van der Waals surface area contributed by atoms with Crippen LogP contribution < -0.4 is 10.1 Å². The van der Waals surface area contributed by atoms with Gasteiger partial charge in [0.15, 0.2) is 5.69 Å². The first-order chi connectivity index (χ1) is 11.6. The molecule has 122 valence electrons. The lowest BCUT2D eigenvalue weighted by Crippen LogP contribution is -2.14. The van der Waals surface area contributed by atoms with Crippen molar-refractivity contribution in [3.63, 3.8) is 0 Å². The summed E-state index contributed by atoms with van der Waals surface area (Å²) in [6.45, 7) is 0. The van der Waals surface area contributed by atoms with E-state index < -0.39 is 11.7 Å². The average molecular weight is 327 g/mol. The number of halogens is 1. The van der Waals surface area contributed by atoms with Crippen LogP contribution in [0.5, 0.6) is 5.75 Å². The second kappa shape index (κ2) is 6.45. The van der Waals surface area contributed by atoms with Crippen molar-refractivity contribution < 1.29 is 13.9 Å². The van der Waals surface area contributed by atoms with Crippen LogP contribution in [0.4, 0.5) is 10.3 Å². The molecular weight excluding hydrogens is 313 g/mol. The van der Waals surface area contributed by atoms with E-state index in [1.54, 1.807) is 19.2 Å². The lowest BCUT2D eigenvalue weighted by Gasteiger charge is -2.08. The van der Waals surface area contributed by atoms with Crippen molar-refractivity contribution >= 4 is 11.9 Å². The maximum absolute atomic E-state index is 13.6. The molecule has 2 heterocycles. The zero-order valence-corrected chi connectivity index (χ0v) is 13.0. The molecule has 1 aromatic carbocycles. The fraction of sp³-hybridized carbons (Fsp3) is 0.125. The van der Waals surface area contributed by atoms with Crippen LogP contribution in [-0.2, 0) is 7.05 Å². The van der Waals surface area contributed by atoms with Gasteiger partial charge >= 0.3 is 0 Å². The predicted octanol–water partition coefficient (Wildman–Crippen LogP) is 2.28. The lowest BCUT2D eigenvalue weighted by atomic mass is 10.1.